The summed E-state index contributed by atoms with van der Waals surface area (Å²) in [4.78, 5) is 11.2. The van der Waals surface area contributed by atoms with Crippen LogP contribution in [-0.2, 0) is 14.8 Å². The molecule has 0 bridgehead atoms. The van der Waals surface area contributed by atoms with Crippen LogP contribution in [0.25, 0.3) is 0 Å². The predicted octanol–water partition coefficient (Wildman–Crippen LogP) is 1.88. The minimum Gasteiger partial charge on any atom is -0.495 e. The molecule has 0 aliphatic heterocycles. The zero-order valence-electron chi connectivity index (χ0n) is 11.4. The lowest BCUT2D eigenvalue weighted by Crippen LogP contribution is -2.47. The van der Waals surface area contributed by atoms with Gasteiger partial charge in [-0.3, -0.25) is 4.79 Å². The molecule has 8 heteroatoms. The van der Waals surface area contributed by atoms with Crippen molar-refractivity contribution in [3.8, 4) is 5.75 Å². The van der Waals surface area contributed by atoms with E-state index in [2.05, 4.69) is 4.72 Å². The third-order valence-electron chi connectivity index (χ3n) is 3.78. The molecule has 0 aromatic heterocycles. The van der Waals surface area contributed by atoms with Crippen molar-refractivity contribution in [2.75, 3.05) is 13.7 Å². The van der Waals surface area contributed by atoms with Gasteiger partial charge in [-0.05, 0) is 25.0 Å². The van der Waals surface area contributed by atoms with Crippen LogP contribution in [0, 0.1) is 5.41 Å². The average Bonchev–Trinajstić information content (AvgIpc) is 2.36. The number of rotatable bonds is 6. The van der Waals surface area contributed by atoms with Crippen LogP contribution in [0.2, 0.25) is 5.02 Å². The summed E-state index contributed by atoms with van der Waals surface area (Å²) in [7, 11) is -2.52. The third-order valence-corrected chi connectivity index (χ3v) is 5.46. The number of benzene rings is 1. The first kappa shape index (κ1) is 16.1. The number of aliphatic carboxylic acids is 1. The van der Waals surface area contributed by atoms with Gasteiger partial charge in [-0.2, -0.15) is 0 Å². The van der Waals surface area contributed by atoms with Gasteiger partial charge in [-0.25, -0.2) is 13.1 Å². The zero-order chi connectivity index (χ0) is 15.7. The Morgan fingerprint density at radius 1 is 1.48 bits per heavy atom. The number of hydrogen-bond acceptors (Lipinski definition) is 4. The summed E-state index contributed by atoms with van der Waals surface area (Å²) < 4.78 is 32.0. The molecule has 1 fully saturated rings. The SMILES string of the molecule is COc1cc(Cl)ccc1S(=O)(=O)NCC1(C(=O)O)CCC1. The summed E-state index contributed by atoms with van der Waals surface area (Å²) in [5.74, 6) is -0.854. The maximum Gasteiger partial charge on any atom is 0.310 e. The lowest BCUT2D eigenvalue weighted by molar-refractivity contribution is -0.153. The van der Waals surface area contributed by atoms with Crippen molar-refractivity contribution >= 4 is 27.6 Å². The van der Waals surface area contributed by atoms with Crippen LogP contribution in [0.4, 0.5) is 0 Å². The van der Waals surface area contributed by atoms with Crippen molar-refractivity contribution in [3.63, 3.8) is 0 Å². The van der Waals surface area contributed by atoms with Crippen molar-refractivity contribution in [1.82, 2.24) is 4.72 Å². The molecule has 1 saturated carbocycles. The Labute approximate surface area is 128 Å². The highest BCUT2D eigenvalue weighted by molar-refractivity contribution is 7.89. The van der Waals surface area contributed by atoms with Gasteiger partial charge in [0.25, 0.3) is 0 Å². The highest BCUT2D eigenvalue weighted by Crippen LogP contribution is 2.41. The van der Waals surface area contributed by atoms with Crippen molar-refractivity contribution in [1.29, 1.82) is 0 Å². The number of methoxy groups -OCH3 is 1. The number of nitrogens with one attached hydrogen (secondary N) is 1. The second-order valence-electron chi connectivity index (χ2n) is 5.06. The first-order chi connectivity index (χ1) is 9.81. The largest absolute Gasteiger partial charge is 0.495 e. The highest BCUT2D eigenvalue weighted by atomic mass is 35.5. The molecule has 21 heavy (non-hydrogen) atoms. The average molecular weight is 334 g/mol. The van der Waals surface area contributed by atoms with Crippen LogP contribution >= 0.6 is 11.6 Å². The molecule has 0 saturated heterocycles. The summed E-state index contributed by atoms with van der Waals surface area (Å²) in [5, 5.41) is 9.56. The highest BCUT2D eigenvalue weighted by Gasteiger charge is 2.45. The van der Waals surface area contributed by atoms with Gasteiger partial charge in [-0.1, -0.05) is 18.0 Å². The van der Waals surface area contributed by atoms with Gasteiger partial charge >= 0.3 is 5.97 Å². The first-order valence-electron chi connectivity index (χ1n) is 6.37. The first-order valence-corrected chi connectivity index (χ1v) is 8.23. The molecule has 0 amide bonds. The molecule has 0 spiro atoms. The van der Waals surface area contributed by atoms with E-state index >= 15 is 0 Å². The zero-order valence-corrected chi connectivity index (χ0v) is 13.0. The topological polar surface area (TPSA) is 92.7 Å². The molecular weight excluding hydrogens is 318 g/mol. The molecule has 1 aromatic carbocycles. The minimum atomic E-state index is -3.86. The van der Waals surface area contributed by atoms with E-state index in [1.54, 1.807) is 0 Å². The Balaban J connectivity index is 2.21. The quantitative estimate of drug-likeness (QED) is 0.829. The van der Waals surface area contributed by atoms with E-state index in [0.29, 0.717) is 17.9 Å². The summed E-state index contributed by atoms with van der Waals surface area (Å²) in [6.07, 6.45) is 1.74. The van der Waals surface area contributed by atoms with Crippen molar-refractivity contribution in [3.05, 3.63) is 23.2 Å². The number of ether oxygens (including phenoxy) is 1. The molecule has 2 rings (SSSR count). The van der Waals surface area contributed by atoms with E-state index < -0.39 is 21.4 Å². The third kappa shape index (κ3) is 3.14. The molecule has 0 atom stereocenters. The van der Waals surface area contributed by atoms with E-state index in [0.717, 1.165) is 6.42 Å². The maximum atomic E-state index is 12.3. The van der Waals surface area contributed by atoms with Crippen LogP contribution in [0.3, 0.4) is 0 Å². The van der Waals surface area contributed by atoms with Crippen LogP contribution < -0.4 is 9.46 Å². The van der Waals surface area contributed by atoms with Crippen LogP contribution in [0.5, 0.6) is 5.75 Å². The van der Waals surface area contributed by atoms with Gasteiger partial charge in [-0.15, -0.1) is 0 Å². The maximum absolute atomic E-state index is 12.3. The normalized spacial score (nSPS) is 17.0. The Morgan fingerprint density at radius 2 is 2.14 bits per heavy atom. The van der Waals surface area contributed by atoms with Crippen molar-refractivity contribution in [2.24, 2.45) is 5.41 Å². The van der Waals surface area contributed by atoms with E-state index in [-0.39, 0.29) is 17.2 Å². The van der Waals surface area contributed by atoms with E-state index in [4.69, 9.17) is 16.3 Å². The second-order valence-corrected chi connectivity index (χ2v) is 7.23. The summed E-state index contributed by atoms with van der Waals surface area (Å²) in [5.41, 5.74) is -0.993. The van der Waals surface area contributed by atoms with Gasteiger partial charge in [0, 0.05) is 17.6 Å². The molecule has 0 heterocycles. The van der Waals surface area contributed by atoms with Crippen LogP contribution in [-0.4, -0.2) is 33.1 Å². The molecule has 0 radical (unpaired) electrons. The number of hydrogen-bond donors (Lipinski definition) is 2. The van der Waals surface area contributed by atoms with Gasteiger partial charge in [0.15, 0.2) is 0 Å². The number of carbonyl (C=O) groups is 1. The smallest absolute Gasteiger partial charge is 0.310 e. The van der Waals surface area contributed by atoms with E-state index in [9.17, 15) is 18.3 Å². The minimum absolute atomic E-state index is 0.0609. The Bertz CT molecular complexity index is 655. The predicted molar refractivity (Wildman–Crippen MR) is 77.1 cm³/mol. The number of sulfonamides is 1. The molecule has 1 aliphatic rings. The molecular formula is C13H16ClNO5S. The second kappa shape index (κ2) is 5.82. The van der Waals surface area contributed by atoms with Crippen molar-refractivity contribution < 1.29 is 23.1 Å². The lowest BCUT2D eigenvalue weighted by atomic mass is 9.69. The Kier molecular flexibility index (Phi) is 4.46. The molecule has 116 valence electrons. The van der Waals surface area contributed by atoms with Gasteiger partial charge in [0.2, 0.25) is 10.0 Å². The van der Waals surface area contributed by atoms with Gasteiger partial charge < -0.3 is 9.84 Å². The number of carboxylic acid groups (broad SMARTS) is 1. The lowest BCUT2D eigenvalue weighted by Gasteiger charge is -2.37. The number of carboxylic acids is 1. The van der Waals surface area contributed by atoms with Crippen LogP contribution in [0.1, 0.15) is 19.3 Å². The van der Waals surface area contributed by atoms with E-state index in [1.165, 1.54) is 25.3 Å². The Morgan fingerprint density at radius 3 is 2.62 bits per heavy atom. The fourth-order valence-electron chi connectivity index (χ4n) is 2.24. The number of halogens is 1. The fourth-order valence-corrected chi connectivity index (χ4v) is 3.68. The monoisotopic (exact) mass is 333 g/mol. The van der Waals surface area contributed by atoms with Crippen LogP contribution in [0.15, 0.2) is 23.1 Å². The molecule has 1 aromatic rings. The summed E-state index contributed by atoms with van der Waals surface area (Å²) >= 11 is 5.80. The summed E-state index contributed by atoms with van der Waals surface area (Å²) in [6.45, 7) is -0.129. The van der Waals surface area contributed by atoms with Gasteiger partial charge in [0.05, 0.1) is 12.5 Å². The van der Waals surface area contributed by atoms with Gasteiger partial charge in [0.1, 0.15) is 10.6 Å². The van der Waals surface area contributed by atoms with Crippen molar-refractivity contribution in [2.45, 2.75) is 24.2 Å². The standard InChI is InChI=1S/C13H16ClNO5S/c1-20-10-7-9(14)3-4-11(10)21(18,19)15-8-13(12(16)17)5-2-6-13/h3-4,7,15H,2,5-6,8H2,1H3,(H,16,17). The molecule has 0 unspecified atom stereocenters. The molecule has 6 nitrogen and oxygen atoms in total. The fraction of sp³-hybridized carbons (Fsp3) is 0.462. The van der Waals surface area contributed by atoms with E-state index in [1.807, 2.05) is 0 Å². The molecule has 1 aliphatic carbocycles. The molecule has 2 N–H and O–H groups in total. The summed E-state index contributed by atoms with van der Waals surface area (Å²) in [6, 6.07) is 4.17. The Hall–Kier alpha value is -1.31.